The van der Waals surface area contributed by atoms with Crippen molar-refractivity contribution in [1.29, 1.82) is 0 Å². The number of ether oxygens (including phenoxy) is 1. The zero-order chi connectivity index (χ0) is 14.6. The summed E-state index contributed by atoms with van der Waals surface area (Å²) in [5.41, 5.74) is 2.20. The summed E-state index contributed by atoms with van der Waals surface area (Å²) in [6.07, 6.45) is 1.08. The maximum Gasteiger partial charge on any atom is 0.191 e. The molecule has 0 saturated carbocycles. The van der Waals surface area contributed by atoms with E-state index in [2.05, 4.69) is 27.7 Å². The first-order valence-corrected chi connectivity index (χ1v) is 6.98. The molecule has 112 valence electrons. The molecule has 20 heavy (non-hydrogen) atoms. The molecule has 1 aliphatic rings. The van der Waals surface area contributed by atoms with Crippen molar-refractivity contribution in [2.45, 2.75) is 33.7 Å². The van der Waals surface area contributed by atoms with Gasteiger partial charge in [0.2, 0.25) is 0 Å². The molecule has 1 fully saturated rings. The van der Waals surface area contributed by atoms with E-state index < -0.39 is 0 Å². The predicted molar refractivity (Wildman–Crippen MR) is 77.7 cm³/mol. The molecule has 1 aromatic rings. The molecular weight excluding hydrogens is 256 g/mol. The fourth-order valence-electron chi connectivity index (χ4n) is 2.29. The molecular formula is C14H24N4O2. The van der Waals surface area contributed by atoms with E-state index in [0.29, 0.717) is 6.54 Å². The Kier molecular flexibility index (Phi) is 4.65. The molecule has 2 N–H and O–H groups in total. The van der Waals surface area contributed by atoms with Crippen molar-refractivity contribution < 1.29 is 9.26 Å². The summed E-state index contributed by atoms with van der Waals surface area (Å²) in [5.74, 6) is 1.64. The summed E-state index contributed by atoms with van der Waals surface area (Å²) >= 11 is 0. The van der Waals surface area contributed by atoms with Gasteiger partial charge >= 0.3 is 0 Å². The van der Waals surface area contributed by atoms with Crippen LogP contribution in [0.4, 0.5) is 0 Å². The lowest BCUT2D eigenvalue weighted by Crippen LogP contribution is -2.42. The van der Waals surface area contributed by atoms with E-state index in [9.17, 15) is 0 Å². The molecule has 1 aliphatic heterocycles. The number of aryl methyl sites for hydroxylation is 2. The number of rotatable bonds is 4. The third kappa shape index (κ3) is 3.50. The van der Waals surface area contributed by atoms with Gasteiger partial charge in [-0.15, -0.1) is 0 Å². The van der Waals surface area contributed by atoms with Crippen molar-refractivity contribution in [2.75, 3.05) is 26.8 Å². The van der Waals surface area contributed by atoms with Gasteiger partial charge in [0.25, 0.3) is 0 Å². The monoisotopic (exact) mass is 280 g/mol. The topological polar surface area (TPSA) is 71.7 Å². The van der Waals surface area contributed by atoms with Gasteiger partial charge in [-0.1, -0.05) is 12.1 Å². The minimum atomic E-state index is 0.195. The van der Waals surface area contributed by atoms with Crippen molar-refractivity contribution in [2.24, 2.45) is 10.4 Å². The summed E-state index contributed by atoms with van der Waals surface area (Å²) in [7, 11) is 1.77. The third-order valence-electron chi connectivity index (χ3n) is 3.82. The molecule has 0 aromatic carbocycles. The van der Waals surface area contributed by atoms with Crippen molar-refractivity contribution in [3.63, 3.8) is 0 Å². The summed E-state index contributed by atoms with van der Waals surface area (Å²) in [4.78, 5) is 4.24. The first-order chi connectivity index (χ1) is 9.54. The Morgan fingerprint density at radius 1 is 1.40 bits per heavy atom. The van der Waals surface area contributed by atoms with Crippen LogP contribution in [0.25, 0.3) is 0 Å². The fraction of sp³-hybridized carbons (Fsp3) is 0.714. The second kappa shape index (κ2) is 6.26. The summed E-state index contributed by atoms with van der Waals surface area (Å²) in [6.45, 7) is 9.27. The van der Waals surface area contributed by atoms with Crippen LogP contribution in [0.2, 0.25) is 0 Å². The second-order valence-corrected chi connectivity index (χ2v) is 5.70. The molecule has 1 atom stereocenters. The molecule has 6 heteroatoms. The molecule has 1 unspecified atom stereocenters. The molecule has 2 heterocycles. The van der Waals surface area contributed by atoms with Crippen LogP contribution >= 0.6 is 0 Å². The fourth-order valence-corrected chi connectivity index (χ4v) is 2.29. The Bertz CT molecular complexity index is 456. The number of guanidine groups is 1. The average molecular weight is 280 g/mol. The van der Waals surface area contributed by atoms with Crippen LogP contribution in [-0.4, -0.2) is 37.9 Å². The van der Waals surface area contributed by atoms with Gasteiger partial charge in [-0.05, 0) is 20.3 Å². The number of aliphatic imine (C=N–C) groups is 1. The summed E-state index contributed by atoms with van der Waals surface area (Å²) in [5, 5.41) is 10.6. The second-order valence-electron chi connectivity index (χ2n) is 5.70. The number of nitrogens with one attached hydrogen (secondary N) is 2. The van der Waals surface area contributed by atoms with Crippen LogP contribution in [0.1, 0.15) is 30.4 Å². The average Bonchev–Trinajstić information content (AvgIpc) is 2.99. The first kappa shape index (κ1) is 14.8. The van der Waals surface area contributed by atoms with Gasteiger partial charge in [0.1, 0.15) is 5.76 Å². The Labute approximate surface area is 120 Å². The van der Waals surface area contributed by atoms with Gasteiger partial charge in [-0.3, -0.25) is 4.99 Å². The Balaban J connectivity index is 1.84. The van der Waals surface area contributed by atoms with Gasteiger partial charge in [0, 0.05) is 37.7 Å². The quantitative estimate of drug-likeness (QED) is 0.644. The lowest BCUT2D eigenvalue weighted by atomic mass is 9.90. The van der Waals surface area contributed by atoms with Crippen molar-refractivity contribution in [1.82, 2.24) is 15.8 Å². The minimum Gasteiger partial charge on any atom is -0.381 e. The lowest BCUT2D eigenvalue weighted by Gasteiger charge is -2.23. The van der Waals surface area contributed by atoms with E-state index in [1.807, 2.05) is 13.8 Å². The lowest BCUT2D eigenvalue weighted by molar-refractivity contribution is 0.160. The molecule has 6 nitrogen and oxygen atoms in total. The highest BCUT2D eigenvalue weighted by atomic mass is 16.5. The maximum absolute atomic E-state index is 5.46. The molecule has 1 aromatic heterocycles. The number of hydrogen-bond acceptors (Lipinski definition) is 4. The largest absolute Gasteiger partial charge is 0.381 e. The zero-order valence-corrected chi connectivity index (χ0v) is 12.7. The van der Waals surface area contributed by atoms with Crippen molar-refractivity contribution >= 4 is 5.96 Å². The zero-order valence-electron chi connectivity index (χ0n) is 12.7. The van der Waals surface area contributed by atoms with Crippen LogP contribution in [0.15, 0.2) is 9.52 Å². The van der Waals surface area contributed by atoms with Crippen LogP contribution in [-0.2, 0) is 11.3 Å². The Morgan fingerprint density at radius 3 is 2.75 bits per heavy atom. The molecule has 0 radical (unpaired) electrons. The Morgan fingerprint density at radius 2 is 2.20 bits per heavy atom. The van der Waals surface area contributed by atoms with Crippen LogP contribution < -0.4 is 10.6 Å². The van der Waals surface area contributed by atoms with E-state index in [1.54, 1.807) is 7.05 Å². The highest BCUT2D eigenvalue weighted by Crippen LogP contribution is 2.26. The van der Waals surface area contributed by atoms with Crippen LogP contribution in [0.5, 0.6) is 0 Å². The predicted octanol–water partition coefficient (Wildman–Crippen LogP) is 1.38. The van der Waals surface area contributed by atoms with Gasteiger partial charge in [-0.2, -0.15) is 0 Å². The summed E-state index contributed by atoms with van der Waals surface area (Å²) in [6, 6.07) is 0. The van der Waals surface area contributed by atoms with Crippen LogP contribution in [0, 0.1) is 19.3 Å². The molecule has 1 saturated heterocycles. The van der Waals surface area contributed by atoms with Gasteiger partial charge in [0.05, 0.1) is 12.3 Å². The first-order valence-electron chi connectivity index (χ1n) is 6.98. The molecule has 0 spiro atoms. The standard InChI is InChI=1S/C14H24N4O2/c1-10-12(11(2)20-18-10)7-16-13(15-4)17-8-14(3)5-6-19-9-14/h5-9H2,1-4H3,(H2,15,16,17). The highest BCUT2D eigenvalue weighted by molar-refractivity contribution is 5.79. The number of nitrogens with zero attached hydrogens (tertiary/aromatic N) is 2. The van der Waals surface area contributed by atoms with E-state index in [1.165, 1.54) is 0 Å². The smallest absolute Gasteiger partial charge is 0.191 e. The molecule has 0 bridgehead atoms. The van der Waals surface area contributed by atoms with Gasteiger partial charge < -0.3 is 19.9 Å². The molecule has 2 rings (SSSR count). The highest BCUT2D eigenvalue weighted by Gasteiger charge is 2.29. The normalized spacial score (nSPS) is 23.1. The van der Waals surface area contributed by atoms with Crippen LogP contribution in [0.3, 0.4) is 0 Å². The molecule has 0 aliphatic carbocycles. The van der Waals surface area contributed by atoms with Crippen molar-refractivity contribution in [3.8, 4) is 0 Å². The van der Waals surface area contributed by atoms with Crippen molar-refractivity contribution in [3.05, 3.63) is 17.0 Å². The summed E-state index contributed by atoms with van der Waals surface area (Å²) < 4.78 is 10.6. The van der Waals surface area contributed by atoms with Gasteiger partial charge in [-0.25, -0.2) is 0 Å². The van der Waals surface area contributed by atoms with E-state index >= 15 is 0 Å². The van der Waals surface area contributed by atoms with Gasteiger partial charge in [0.15, 0.2) is 5.96 Å². The Hall–Kier alpha value is -1.56. The third-order valence-corrected chi connectivity index (χ3v) is 3.82. The van der Waals surface area contributed by atoms with E-state index in [0.717, 1.165) is 49.2 Å². The number of aromatic nitrogens is 1. The van der Waals surface area contributed by atoms with E-state index in [-0.39, 0.29) is 5.41 Å². The minimum absolute atomic E-state index is 0.195. The molecule has 0 amide bonds. The number of hydrogen-bond donors (Lipinski definition) is 2. The van der Waals surface area contributed by atoms with E-state index in [4.69, 9.17) is 9.26 Å². The maximum atomic E-state index is 5.46. The SMILES string of the molecule is CN=C(NCc1c(C)noc1C)NCC1(C)CCOC1.